The average Bonchev–Trinajstić information content (AvgIpc) is 2.85. The summed E-state index contributed by atoms with van der Waals surface area (Å²) in [5.41, 5.74) is -1.61. The fraction of sp³-hybridized carbons (Fsp3) is 0. The van der Waals surface area contributed by atoms with E-state index < -0.39 is 35.8 Å². The van der Waals surface area contributed by atoms with Gasteiger partial charge in [-0.25, -0.2) is 43.7 Å². The van der Waals surface area contributed by atoms with Crippen LogP contribution in [0.15, 0.2) is 54.6 Å². The number of carbonyl (C=O) groups is 6. The van der Waals surface area contributed by atoms with Crippen LogP contribution in [0.2, 0.25) is 0 Å². The van der Waals surface area contributed by atoms with Gasteiger partial charge in [0.05, 0.1) is 0 Å². The predicted octanol–water partition coefficient (Wildman–Crippen LogP) is 1.43. The van der Waals surface area contributed by atoms with Crippen LogP contribution in [0, 0.1) is 0 Å². The van der Waals surface area contributed by atoms with Crippen LogP contribution in [0.25, 0.3) is 0 Å². The van der Waals surface area contributed by atoms with E-state index in [0.717, 1.165) is 0 Å². The van der Waals surface area contributed by atoms with Crippen LogP contribution in [0.1, 0.15) is 62.9 Å². The molecule has 3 heterocycles. The monoisotopic (exact) mass is 613 g/mol. The Hall–Kier alpha value is -4.69. The zero-order valence-electron chi connectivity index (χ0n) is 18.4. The van der Waals surface area contributed by atoms with E-state index in [4.69, 9.17) is 30.6 Å². The van der Waals surface area contributed by atoms with Gasteiger partial charge in [0.25, 0.3) is 0 Å². The minimum absolute atomic E-state index is 0. The first-order valence-electron chi connectivity index (χ1n) is 9.14. The maximum atomic E-state index is 10.3. The molecular formula is C21H15Fe2N3O12. The number of hydrogen-bond donors (Lipinski definition) is 6. The molecule has 3 aromatic heterocycles. The van der Waals surface area contributed by atoms with Gasteiger partial charge in [0, 0.05) is 34.1 Å². The summed E-state index contributed by atoms with van der Waals surface area (Å²) < 4.78 is 0. The number of rotatable bonds is 6. The van der Waals surface area contributed by atoms with Gasteiger partial charge in [-0.1, -0.05) is 18.2 Å². The molecule has 3 aromatic rings. The number of aromatic carboxylic acids is 6. The van der Waals surface area contributed by atoms with Crippen LogP contribution >= 0.6 is 0 Å². The Labute approximate surface area is 232 Å². The predicted molar refractivity (Wildman–Crippen MR) is 114 cm³/mol. The van der Waals surface area contributed by atoms with E-state index in [0.29, 0.717) is 0 Å². The molecule has 0 fully saturated rings. The maximum Gasteiger partial charge on any atom is 0.354 e. The van der Waals surface area contributed by atoms with Gasteiger partial charge < -0.3 is 30.6 Å². The van der Waals surface area contributed by atoms with E-state index in [1.807, 2.05) is 0 Å². The topological polar surface area (TPSA) is 262 Å². The molecule has 38 heavy (non-hydrogen) atoms. The minimum atomic E-state index is -1.24. The SMILES string of the molecule is O=C(O)c1cccc(C(=O)O)n1.O=C(O)c1cccc(C(=O)O)n1.O=C(O)c1cccc(C(=O)O)n1.[Fe].[Fe]. The normalized spacial score (nSPS) is 8.84. The van der Waals surface area contributed by atoms with Crippen molar-refractivity contribution < 1.29 is 93.5 Å². The summed E-state index contributed by atoms with van der Waals surface area (Å²) >= 11 is 0. The van der Waals surface area contributed by atoms with E-state index in [9.17, 15) is 28.8 Å². The number of carboxylic acid groups (broad SMARTS) is 6. The largest absolute Gasteiger partial charge is 0.477 e. The zero-order chi connectivity index (χ0) is 27.4. The van der Waals surface area contributed by atoms with Crippen LogP contribution < -0.4 is 0 Å². The molecule has 0 aromatic carbocycles. The second-order valence-corrected chi connectivity index (χ2v) is 6.06. The molecule has 0 unspecified atom stereocenters. The summed E-state index contributed by atoms with van der Waals surface area (Å²) in [7, 11) is 0. The Balaban J connectivity index is 0. The summed E-state index contributed by atoms with van der Waals surface area (Å²) in [5, 5.41) is 50.6. The molecule has 6 N–H and O–H groups in total. The van der Waals surface area contributed by atoms with Crippen molar-refractivity contribution in [1.82, 2.24) is 15.0 Å². The summed E-state index contributed by atoms with van der Waals surface area (Å²) in [4.78, 5) is 72.0. The van der Waals surface area contributed by atoms with Crippen LogP contribution in [-0.2, 0) is 34.1 Å². The van der Waals surface area contributed by atoms with Gasteiger partial charge in [-0.05, 0) is 36.4 Å². The van der Waals surface area contributed by atoms with Crippen molar-refractivity contribution in [2.24, 2.45) is 0 Å². The van der Waals surface area contributed by atoms with Crippen LogP contribution in [0.3, 0.4) is 0 Å². The van der Waals surface area contributed by atoms with E-state index in [-0.39, 0.29) is 68.3 Å². The molecule has 15 nitrogen and oxygen atoms in total. The third-order valence-corrected chi connectivity index (χ3v) is 3.56. The first kappa shape index (κ1) is 35.5. The molecule has 0 spiro atoms. The minimum Gasteiger partial charge on any atom is -0.477 e. The molecule has 3 rings (SSSR count). The summed E-state index contributed by atoms with van der Waals surface area (Å²) in [6.07, 6.45) is 0. The molecule has 202 valence electrons. The molecule has 0 radical (unpaired) electrons. The summed E-state index contributed by atoms with van der Waals surface area (Å²) in [5.74, 6) is -7.43. The van der Waals surface area contributed by atoms with Gasteiger partial charge in [0.1, 0.15) is 34.2 Å². The standard InChI is InChI=1S/3C7H5NO4.2Fe/c3*9-6(10)4-2-1-3-5(8-4)7(11)12;;/h3*1-3H,(H,9,10)(H,11,12);;. The number of nitrogens with zero attached hydrogens (tertiary/aromatic N) is 3. The van der Waals surface area contributed by atoms with Crippen molar-refractivity contribution in [3.63, 3.8) is 0 Å². The molecule has 0 bridgehead atoms. The van der Waals surface area contributed by atoms with Gasteiger partial charge in [-0.2, -0.15) is 0 Å². The van der Waals surface area contributed by atoms with E-state index >= 15 is 0 Å². The van der Waals surface area contributed by atoms with Gasteiger partial charge in [0.2, 0.25) is 0 Å². The van der Waals surface area contributed by atoms with Crippen molar-refractivity contribution in [1.29, 1.82) is 0 Å². The Bertz CT molecular complexity index is 1090. The van der Waals surface area contributed by atoms with Crippen molar-refractivity contribution in [3.8, 4) is 0 Å². The van der Waals surface area contributed by atoms with Crippen LogP contribution in [0.5, 0.6) is 0 Å². The van der Waals surface area contributed by atoms with Crippen molar-refractivity contribution in [2.45, 2.75) is 0 Å². The smallest absolute Gasteiger partial charge is 0.354 e. The number of pyridine rings is 3. The maximum absolute atomic E-state index is 10.3. The molecule has 0 aliphatic heterocycles. The van der Waals surface area contributed by atoms with Gasteiger partial charge in [-0.15, -0.1) is 0 Å². The Morgan fingerprint density at radius 1 is 0.368 bits per heavy atom. The molecule has 0 aliphatic rings. The Morgan fingerprint density at radius 2 is 0.500 bits per heavy atom. The van der Waals surface area contributed by atoms with Crippen LogP contribution in [0.4, 0.5) is 0 Å². The quantitative estimate of drug-likeness (QED) is 0.215. The average molecular weight is 613 g/mol. The fourth-order valence-electron chi connectivity index (χ4n) is 2.02. The third kappa shape index (κ3) is 11.8. The molecule has 17 heteroatoms. The van der Waals surface area contributed by atoms with E-state index in [2.05, 4.69) is 15.0 Å². The molecular weight excluding hydrogens is 598 g/mol. The van der Waals surface area contributed by atoms with Gasteiger partial charge in [-0.3, -0.25) is 0 Å². The zero-order valence-corrected chi connectivity index (χ0v) is 20.6. The molecule has 0 amide bonds. The first-order valence-corrected chi connectivity index (χ1v) is 9.14. The van der Waals surface area contributed by atoms with Gasteiger partial charge in [0.15, 0.2) is 0 Å². The first-order chi connectivity index (χ1) is 16.8. The van der Waals surface area contributed by atoms with E-state index in [1.54, 1.807) is 0 Å². The van der Waals surface area contributed by atoms with Crippen molar-refractivity contribution in [3.05, 3.63) is 88.8 Å². The Kier molecular flexibility index (Phi) is 15.8. The summed E-state index contributed by atoms with van der Waals surface area (Å²) in [6.45, 7) is 0. The molecule has 0 atom stereocenters. The third-order valence-electron chi connectivity index (χ3n) is 3.56. The fourth-order valence-corrected chi connectivity index (χ4v) is 2.02. The van der Waals surface area contributed by atoms with Gasteiger partial charge >= 0.3 is 35.8 Å². The summed E-state index contributed by atoms with van der Waals surface area (Å²) in [6, 6.07) is 11.4. The number of hydrogen-bond acceptors (Lipinski definition) is 9. The number of carboxylic acids is 6. The molecule has 0 saturated carbocycles. The second kappa shape index (κ2) is 16.9. The molecule has 0 saturated heterocycles. The van der Waals surface area contributed by atoms with E-state index in [1.165, 1.54) is 54.6 Å². The Morgan fingerprint density at radius 3 is 0.605 bits per heavy atom. The van der Waals surface area contributed by atoms with Crippen LogP contribution in [-0.4, -0.2) is 81.4 Å². The van der Waals surface area contributed by atoms with Crippen molar-refractivity contribution in [2.75, 3.05) is 0 Å². The molecule has 0 aliphatic carbocycles. The second-order valence-electron chi connectivity index (χ2n) is 6.06. The van der Waals surface area contributed by atoms with Crippen molar-refractivity contribution >= 4 is 35.8 Å². The number of aromatic nitrogens is 3.